The van der Waals surface area contributed by atoms with Crippen LogP contribution in [0, 0.1) is 5.92 Å². The van der Waals surface area contributed by atoms with Gasteiger partial charge in [-0.3, -0.25) is 9.88 Å². The Labute approximate surface area is 121 Å². The van der Waals surface area contributed by atoms with E-state index in [1.165, 1.54) is 36.9 Å². The molecule has 1 N–H and O–H groups in total. The number of rotatable bonds is 4. The van der Waals surface area contributed by atoms with Crippen molar-refractivity contribution < 1.29 is 0 Å². The van der Waals surface area contributed by atoms with E-state index in [1.54, 1.807) is 0 Å². The Morgan fingerprint density at radius 1 is 1.25 bits per heavy atom. The molecule has 1 aliphatic heterocycles. The van der Waals surface area contributed by atoms with Crippen LogP contribution < -0.4 is 5.32 Å². The highest BCUT2D eigenvalue weighted by molar-refractivity contribution is 5.78. The summed E-state index contributed by atoms with van der Waals surface area (Å²) in [5.74, 6) is 0.858. The molecule has 1 aromatic carbocycles. The second-order valence-corrected chi connectivity index (χ2v) is 5.81. The lowest BCUT2D eigenvalue weighted by molar-refractivity contribution is 0.177. The highest BCUT2D eigenvalue weighted by Gasteiger charge is 2.18. The van der Waals surface area contributed by atoms with E-state index in [2.05, 4.69) is 46.5 Å². The molecule has 1 aliphatic rings. The van der Waals surface area contributed by atoms with Gasteiger partial charge in [0.25, 0.3) is 0 Å². The van der Waals surface area contributed by atoms with Crippen molar-refractivity contribution in [2.75, 3.05) is 26.7 Å². The molecule has 1 fully saturated rings. The summed E-state index contributed by atoms with van der Waals surface area (Å²) in [5, 5.41) is 4.54. The lowest BCUT2D eigenvalue weighted by Crippen LogP contribution is -2.36. The summed E-state index contributed by atoms with van der Waals surface area (Å²) in [6.07, 6.45) is 4.49. The number of nitrogens with zero attached hydrogens (tertiary/aromatic N) is 2. The zero-order chi connectivity index (χ0) is 13.8. The van der Waals surface area contributed by atoms with E-state index in [4.69, 9.17) is 0 Å². The van der Waals surface area contributed by atoms with Crippen LogP contribution in [0.25, 0.3) is 10.9 Å². The maximum absolute atomic E-state index is 4.38. The topological polar surface area (TPSA) is 28.2 Å². The molecule has 106 valence electrons. The molecule has 0 aliphatic carbocycles. The van der Waals surface area contributed by atoms with Gasteiger partial charge in [-0.05, 0) is 69.2 Å². The number of benzene rings is 1. The maximum Gasteiger partial charge on any atom is 0.0702 e. The van der Waals surface area contributed by atoms with Crippen LogP contribution >= 0.6 is 0 Å². The van der Waals surface area contributed by atoms with Gasteiger partial charge >= 0.3 is 0 Å². The third-order valence-corrected chi connectivity index (χ3v) is 4.27. The second kappa shape index (κ2) is 6.33. The first-order valence-electron chi connectivity index (χ1n) is 7.56. The van der Waals surface area contributed by atoms with Crippen LogP contribution in [-0.4, -0.2) is 36.6 Å². The molecule has 0 unspecified atom stereocenters. The Morgan fingerprint density at radius 3 is 2.90 bits per heavy atom. The van der Waals surface area contributed by atoms with Gasteiger partial charge in [0.15, 0.2) is 0 Å². The minimum atomic E-state index is 0.858. The van der Waals surface area contributed by atoms with Crippen LogP contribution in [0.1, 0.15) is 18.4 Å². The van der Waals surface area contributed by atoms with Gasteiger partial charge in [-0.2, -0.15) is 0 Å². The molecule has 3 nitrogen and oxygen atoms in total. The maximum atomic E-state index is 4.38. The number of aromatic nitrogens is 1. The normalized spacial score (nSPS) is 17.6. The minimum absolute atomic E-state index is 0.858. The molecule has 2 heterocycles. The lowest BCUT2D eigenvalue weighted by atomic mass is 9.96. The summed E-state index contributed by atoms with van der Waals surface area (Å²) in [4.78, 5) is 6.95. The minimum Gasteiger partial charge on any atom is -0.319 e. The van der Waals surface area contributed by atoms with Crippen molar-refractivity contribution in [3.8, 4) is 0 Å². The van der Waals surface area contributed by atoms with Crippen molar-refractivity contribution in [2.45, 2.75) is 19.4 Å². The number of hydrogen-bond acceptors (Lipinski definition) is 3. The molecule has 0 amide bonds. The van der Waals surface area contributed by atoms with E-state index >= 15 is 0 Å². The van der Waals surface area contributed by atoms with Gasteiger partial charge in [0.1, 0.15) is 0 Å². The second-order valence-electron chi connectivity index (χ2n) is 5.81. The number of hydrogen-bond donors (Lipinski definition) is 1. The molecule has 20 heavy (non-hydrogen) atoms. The zero-order valence-corrected chi connectivity index (χ0v) is 12.2. The van der Waals surface area contributed by atoms with Crippen molar-refractivity contribution in [1.29, 1.82) is 0 Å². The molecule has 0 spiro atoms. The molecule has 3 heteroatoms. The number of fused-ring (bicyclic) bond motifs is 1. The summed E-state index contributed by atoms with van der Waals surface area (Å²) < 4.78 is 0. The van der Waals surface area contributed by atoms with E-state index in [1.807, 2.05) is 12.3 Å². The van der Waals surface area contributed by atoms with E-state index in [0.717, 1.165) is 24.5 Å². The van der Waals surface area contributed by atoms with Crippen LogP contribution in [-0.2, 0) is 6.54 Å². The van der Waals surface area contributed by atoms with E-state index < -0.39 is 0 Å². The average molecular weight is 269 g/mol. The fraction of sp³-hybridized carbons (Fsp3) is 0.471. The van der Waals surface area contributed by atoms with Crippen LogP contribution in [0.15, 0.2) is 36.5 Å². The summed E-state index contributed by atoms with van der Waals surface area (Å²) in [5.41, 5.74) is 2.49. The fourth-order valence-electron chi connectivity index (χ4n) is 3.12. The quantitative estimate of drug-likeness (QED) is 0.925. The zero-order valence-electron chi connectivity index (χ0n) is 12.2. The molecular formula is C17H23N3. The number of nitrogens with one attached hydrogen (secondary N) is 1. The first kappa shape index (κ1) is 13.5. The van der Waals surface area contributed by atoms with E-state index in [0.29, 0.717) is 0 Å². The van der Waals surface area contributed by atoms with Crippen LogP contribution in [0.2, 0.25) is 0 Å². The first-order valence-corrected chi connectivity index (χ1v) is 7.56. The highest BCUT2D eigenvalue weighted by Crippen LogP contribution is 2.20. The van der Waals surface area contributed by atoms with Gasteiger partial charge in [-0.25, -0.2) is 0 Å². The van der Waals surface area contributed by atoms with Gasteiger partial charge in [-0.15, -0.1) is 0 Å². The average Bonchev–Trinajstić information content (AvgIpc) is 2.49. The number of pyridine rings is 1. The highest BCUT2D eigenvalue weighted by atomic mass is 15.1. The van der Waals surface area contributed by atoms with Crippen molar-refractivity contribution in [2.24, 2.45) is 5.92 Å². The molecular weight excluding hydrogens is 246 g/mol. The standard InChI is InChI=1S/C17H23N3/c1-18-12-14-6-9-20(10-7-14)13-15-4-5-17-16(11-15)3-2-8-19-17/h2-5,8,11,14,18H,6-7,9-10,12-13H2,1H3. The van der Waals surface area contributed by atoms with Crippen molar-refractivity contribution in [3.05, 3.63) is 42.1 Å². The Kier molecular flexibility index (Phi) is 4.28. The lowest BCUT2D eigenvalue weighted by Gasteiger charge is -2.31. The molecule has 0 radical (unpaired) electrons. The van der Waals surface area contributed by atoms with Crippen molar-refractivity contribution in [1.82, 2.24) is 15.2 Å². The number of piperidine rings is 1. The number of likely N-dealkylation sites (tertiary alicyclic amines) is 1. The summed E-state index contributed by atoms with van der Waals surface area (Å²) in [6.45, 7) is 4.67. The summed E-state index contributed by atoms with van der Waals surface area (Å²) in [7, 11) is 2.05. The van der Waals surface area contributed by atoms with Gasteiger partial charge in [0.2, 0.25) is 0 Å². The Morgan fingerprint density at radius 2 is 2.10 bits per heavy atom. The smallest absolute Gasteiger partial charge is 0.0702 e. The van der Waals surface area contributed by atoms with Crippen LogP contribution in [0.4, 0.5) is 0 Å². The summed E-state index contributed by atoms with van der Waals surface area (Å²) >= 11 is 0. The third-order valence-electron chi connectivity index (χ3n) is 4.27. The summed E-state index contributed by atoms with van der Waals surface area (Å²) in [6, 6.07) is 10.8. The van der Waals surface area contributed by atoms with Crippen molar-refractivity contribution >= 4 is 10.9 Å². The largest absolute Gasteiger partial charge is 0.319 e. The predicted molar refractivity (Wildman–Crippen MR) is 83.7 cm³/mol. The SMILES string of the molecule is CNCC1CCN(Cc2ccc3ncccc3c2)CC1. The predicted octanol–water partition coefficient (Wildman–Crippen LogP) is 2.67. The fourth-order valence-corrected chi connectivity index (χ4v) is 3.12. The first-order chi connectivity index (χ1) is 9.85. The van der Waals surface area contributed by atoms with Crippen LogP contribution in [0.3, 0.4) is 0 Å². The Bertz CT molecular complexity index is 559. The molecule has 1 aromatic heterocycles. The molecule has 3 rings (SSSR count). The molecule has 0 bridgehead atoms. The van der Waals surface area contributed by atoms with Gasteiger partial charge < -0.3 is 5.32 Å². The van der Waals surface area contributed by atoms with Gasteiger partial charge in [-0.1, -0.05) is 12.1 Å². The molecule has 0 saturated carbocycles. The van der Waals surface area contributed by atoms with Gasteiger partial charge in [0, 0.05) is 18.1 Å². The molecule has 2 aromatic rings. The monoisotopic (exact) mass is 269 g/mol. The van der Waals surface area contributed by atoms with E-state index in [-0.39, 0.29) is 0 Å². The molecule has 1 saturated heterocycles. The Hall–Kier alpha value is -1.45. The third kappa shape index (κ3) is 3.17. The van der Waals surface area contributed by atoms with Gasteiger partial charge in [0.05, 0.1) is 5.52 Å². The Balaban J connectivity index is 1.62. The molecule has 0 atom stereocenters. The van der Waals surface area contributed by atoms with Crippen LogP contribution in [0.5, 0.6) is 0 Å². The van der Waals surface area contributed by atoms with E-state index in [9.17, 15) is 0 Å². The van der Waals surface area contributed by atoms with Crippen molar-refractivity contribution in [3.63, 3.8) is 0 Å².